The molecule has 0 aliphatic carbocycles. The second-order valence-electron chi connectivity index (χ2n) is 4.64. The number of nitrogens with zero attached hydrogens (tertiary/aromatic N) is 4. The highest BCUT2D eigenvalue weighted by molar-refractivity contribution is 7.89. The van der Waals surface area contributed by atoms with Gasteiger partial charge in [0.15, 0.2) is 0 Å². The van der Waals surface area contributed by atoms with Crippen molar-refractivity contribution in [1.82, 2.24) is 4.72 Å². The summed E-state index contributed by atoms with van der Waals surface area (Å²) in [6.45, 7) is 3.56. The minimum atomic E-state index is -3.83. The SMILES string of the molecule is CC(C)[C@@H](CN=[N+]=[N-])NS(=O)(=O)c1ccc([N+](=O)[O-])cc1. The summed E-state index contributed by atoms with van der Waals surface area (Å²) >= 11 is 0. The predicted octanol–water partition coefficient (Wildman–Crippen LogP) is 2.21. The first-order valence-electron chi connectivity index (χ1n) is 6.05. The number of rotatable bonds is 7. The lowest BCUT2D eigenvalue weighted by molar-refractivity contribution is -0.384. The Morgan fingerprint density at radius 1 is 1.38 bits per heavy atom. The molecule has 0 saturated carbocycles. The first-order valence-corrected chi connectivity index (χ1v) is 7.54. The minimum absolute atomic E-state index is 0.0135. The highest BCUT2D eigenvalue weighted by Gasteiger charge is 2.22. The van der Waals surface area contributed by atoms with Gasteiger partial charge >= 0.3 is 0 Å². The molecule has 10 heteroatoms. The van der Waals surface area contributed by atoms with E-state index in [0.717, 1.165) is 24.3 Å². The summed E-state index contributed by atoms with van der Waals surface area (Å²) in [5, 5.41) is 13.9. The van der Waals surface area contributed by atoms with Crippen molar-refractivity contribution in [2.24, 2.45) is 11.0 Å². The Bertz CT molecular complexity index is 650. The maximum Gasteiger partial charge on any atom is 0.269 e. The largest absolute Gasteiger partial charge is 0.269 e. The Balaban J connectivity index is 2.98. The maximum absolute atomic E-state index is 12.2. The molecule has 0 saturated heterocycles. The van der Waals surface area contributed by atoms with Gasteiger partial charge in [-0.1, -0.05) is 19.0 Å². The molecule has 0 aliphatic heterocycles. The third kappa shape index (κ3) is 4.71. The van der Waals surface area contributed by atoms with Crippen LogP contribution in [0, 0.1) is 16.0 Å². The van der Waals surface area contributed by atoms with Crippen LogP contribution in [0.4, 0.5) is 5.69 Å². The summed E-state index contributed by atoms with van der Waals surface area (Å²) in [5.74, 6) is -0.0803. The molecule has 114 valence electrons. The summed E-state index contributed by atoms with van der Waals surface area (Å²) in [4.78, 5) is 12.5. The van der Waals surface area contributed by atoms with E-state index in [1.165, 1.54) is 0 Å². The van der Waals surface area contributed by atoms with Crippen LogP contribution in [0.2, 0.25) is 0 Å². The molecule has 0 amide bonds. The van der Waals surface area contributed by atoms with Crippen LogP contribution in [0.3, 0.4) is 0 Å². The van der Waals surface area contributed by atoms with E-state index in [4.69, 9.17) is 5.53 Å². The van der Waals surface area contributed by atoms with Crippen LogP contribution in [0.15, 0.2) is 34.3 Å². The molecule has 1 aromatic rings. The van der Waals surface area contributed by atoms with E-state index in [1.54, 1.807) is 13.8 Å². The topological polar surface area (TPSA) is 138 Å². The Morgan fingerprint density at radius 2 is 1.95 bits per heavy atom. The highest BCUT2D eigenvalue weighted by Crippen LogP contribution is 2.17. The van der Waals surface area contributed by atoms with Crippen LogP contribution in [-0.2, 0) is 10.0 Å². The van der Waals surface area contributed by atoms with Crippen LogP contribution < -0.4 is 4.72 Å². The van der Waals surface area contributed by atoms with E-state index < -0.39 is 21.0 Å². The van der Waals surface area contributed by atoms with Crippen molar-refractivity contribution in [3.63, 3.8) is 0 Å². The van der Waals surface area contributed by atoms with Crippen molar-refractivity contribution < 1.29 is 13.3 Å². The van der Waals surface area contributed by atoms with E-state index >= 15 is 0 Å². The predicted molar refractivity (Wildman–Crippen MR) is 76.1 cm³/mol. The van der Waals surface area contributed by atoms with Crippen molar-refractivity contribution in [3.8, 4) is 0 Å². The number of nitro benzene ring substituents is 1. The molecule has 0 radical (unpaired) electrons. The number of benzene rings is 1. The normalized spacial score (nSPS) is 12.7. The van der Waals surface area contributed by atoms with Crippen molar-refractivity contribution in [1.29, 1.82) is 0 Å². The first kappa shape index (κ1) is 16.9. The van der Waals surface area contributed by atoms with Gasteiger partial charge < -0.3 is 0 Å². The lowest BCUT2D eigenvalue weighted by atomic mass is 10.1. The molecule has 0 heterocycles. The number of hydrogen-bond acceptors (Lipinski definition) is 5. The number of non-ortho nitro benzene ring substituents is 1. The Kier molecular flexibility index (Phi) is 5.65. The molecule has 1 N–H and O–H groups in total. The van der Waals surface area contributed by atoms with Crippen molar-refractivity contribution >= 4 is 15.7 Å². The molecule has 0 fully saturated rings. The standard InChI is InChI=1S/C11H15N5O4S/c1-8(2)11(7-13-15-12)14-21(19,20)10-5-3-9(4-6-10)16(17)18/h3-6,8,11,14H,7H2,1-2H3/t11-/m1/s1. The van der Waals surface area contributed by atoms with Crippen LogP contribution in [0.5, 0.6) is 0 Å². The summed E-state index contributed by atoms with van der Waals surface area (Å²) in [6, 6.07) is 4.00. The molecule has 1 rings (SSSR count). The van der Waals surface area contributed by atoms with Crippen LogP contribution in [0.25, 0.3) is 10.4 Å². The maximum atomic E-state index is 12.2. The molecule has 0 unspecified atom stereocenters. The van der Waals surface area contributed by atoms with Crippen LogP contribution >= 0.6 is 0 Å². The van der Waals surface area contributed by atoms with Crippen molar-refractivity contribution in [2.45, 2.75) is 24.8 Å². The second kappa shape index (κ2) is 7.02. The number of nitrogens with one attached hydrogen (secondary N) is 1. The van der Waals surface area contributed by atoms with E-state index in [-0.39, 0.29) is 23.0 Å². The van der Waals surface area contributed by atoms with Crippen LogP contribution in [0.1, 0.15) is 13.8 Å². The Morgan fingerprint density at radius 3 is 2.38 bits per heavy atom. The van der Waals surface area contributed by atoms with Gasteiger partial charge in [0, 0.05) is 29.6 Å². The fourth-order valence-corrected chi connectivity index (χ4v) is 2.90. The van der Waals surface area contributed by atoms with Gasteiger partial charge in [-0.05, 0) is 23.6 Å². The molecule has 1 atom stereocenters. The van der Waals surface area contributed by atoms with E-state index in [1.807, 2.05) is 0 Å². The van der Waals surface area contributed by atoms with E-state index in [0.29, 0.717) is 0 Å². The van der Waals surface area contributed by atoms with Gasteiger partial charge in [0.2, 0.25) is 10.0 Å². The molecule has 0 aromatic heterocycles. The smallest absolute Gasteiger partial charge is 0.258 e. The quantitative estimate of drug-likeness (QED) is 0.271. The molecular weight excluding hydrogens is 298 g/mol. The number of azide groups is 1. The molecule has 9 nitrogen and oxygen atoms in total. The fourth-order valence-electron chi connectivity index (χ4n) is 1.52. The first-order chi connectivity index (χ1) is 9.77. The lowest BCUT2D eigenvalue weighted by Gasteiger charge is -2.20. The summed E-state index contributed by atoms with van der Waals surface area (Å²) in [6.07, 6.45) is 0. The Hall–Kier alpha value is -2.16. The average molecular weight is 313 g/mol. The Labute approximate surface area is 121 Å². The number of sulfonamides is 1. The zero-order chi connectivity index (χ0) is 16.0. The highest BCUT2D eigenvalue weighted by atomic mass is 32.2. The van der Waals surface area contributed by atoms with E-state index in [2.05, 4.69) is 14.7 Å². The second-order valence-corrected chi connectivity index (χ2v) is 6.35. The van der Waals surface area contributed by atoms with E-state index in [9.17, 15) is 18.5 Å². The van der Waals surface area contributed by atoms with Gasteiger partial charge in [-0.15, -0.1) is 0 Å². The third-order valence-corrected chi connectivity index (χ3v) is 4.32. The molecule has 0 aliphatic rings. The zero-order valence-corrected chi connectivity index (χ0v) is 12.3. The molecule has 1 aromatic carbocycles. The summed E-state index contributed by atoms with van der Waals surface area (Å²) in [5.41, 5.74) is 8.12. The number of nitro groups is 1. The summed E-state index contributed by atoms with van der Waals surface area (Å²) < 4.78 is 26.8. The fraction of sp³-hybridized carbons (Fsp3) is 0.455. The van der Waals surface area contributed by atoms with Gasteiger partial charge in [0.1, 0.15) is 0 Å². The van der Waals surface area contributed by atoms with Gasteiger partial charge in [-0.25, -0.2) is 13.1 Å². The average Bonchev–Trinajstić information content (AvgIpc) is 2.43. The van der Waals surface area contributed by atoms with Gasteiger partial charge in [-0.2, -0.15) is 0 Å². The van der Waals surface area contributed by atoms with Crippen molar-refractivity contribution in [2.75, 3.05) is 6.54 Å². The third-order valence-electron chi connectivity index (χ3n) is 2.81. The lowest BCUT2D eigenvalue weighted by Crippen LogP contribution is -2.40. The molecule has 21 heavy (non-hydrogen) atoms. The minimum Gasteiger partial charge on any atom is -0.258 e. The van der Waals surface area contributed by atoms with Gasteiger partial charge in [-0.3, -0.25) is 10.1 Å². The van der Waals surface area contributed by atoms with Crippen molar-refractivity contribution in [3.05, 3.63) is 44.8 Å². The summed E-state index contributed by atoms with van der Waals surface area (Å²) in [7, 11) is -3.83. The van der Waals surface area contributed by atoms with Gasteiger partial charge in [0.05, 0.1) is 9.82 Å². The zero-order valence-electron chi connectivity index (χ0n) is 11.5. The molecular formula is C11H15N5O4S. The molecule has 0 bridgehead atoms. The van der Waals surface area contributed by atoms with Gasteiger partial charge in [0.25, 0.3) is 5.69 Å². The van der Waals surface area contributed by atoms with Crippen LogP contribution in [-0.4, -0.2) is 25.9 Å². The monoisotopic (exact) mass is 313 g/mol. The molecule has 0 spiro atoms. The number of hydrogen-bond donors (Lipinski definition) is 1.